The van der Waals surface area contributed by atoms with Crippen molar-refractivity contribution in [1.29, 1.82) is 5.26 Å². The molecule has 0 spiro atoms. The highest BCUT2D eigenvalue weighted by Gasteiger charge is 2.14. The minimum Gasteiger partial charge on any atom is -0.350 e. The molecule has 1 heterocycles. The monoisotopic (exact) mass is 339 g/mol. The highest BCUT2D eigenvalue weighted by molar-refractivity contribution is 7.86. The number of aryl methyl sites for hydroxylation is 1. The molecule has 0 radical (unpaired) electrons. The Morgan fingerprint density at radius 3 is 2.67 bits per heavy atom. The maximum atomic E-state index is 12.0. The summed E-state index contributed by atoms with van der Waals surface area (Å²) in [5.41, 5.74) is 2.08. The molecule has 0 aliphatic rings. The fourth-order valence-electron chi connectivity index (χ4n) is 2.36. The van der Waals surface area contributed by atoms with E-state index in [-0.39, 0.29) is 4.90 Å². The standard InChI is InChI=1S/C17H13N3O3S/c1-20-12-14(16-9-13(10-18)7-8-17(16)20)11-19-23-24(21,22)15-5-3-2-4-6-15/h2-9,11-12H,1H3. The van der Waals surface area contributed by atoms with Gasteiger partial charge in [0.1, 0.15) is 4.90 Å². The van der Waals surface area contributed by atoms with Crippen molar-refractivity contribution in [2.45, 2.75) is 4.90 Å². The molecule has 120 valence electrons. The highest BCUT2D eigenvalue weighted by atomic mass is 32.2. The van der Waals surface area contributed by atoms with Crippen LogP contribution < -0.4 is 0 Å². The molecule has 0 bridgehead atoms. The third-order valence-corrected chi connectivity index (χ3v) is 4.65. The van der Waals surface area contributed by atoms with Gasteiger partial charge in [-0.1, -0.05) is 23.4 Å². The van der Waals surface area contributed by atoms with Crippen LogP contribution in [0.1, 0.15) is 11.1 Å². The maximum absolute atomic E-state index is 12.0. The van der Waals surface area contributed by atoms with Gasteiger partial charge in [0, 0.05) is 29.7 Å². The van der Waals surface area contributed by atoms with Crippen LogP contribution in [0.4, 0.5) is 0 Å². The van der Waals surface area contributed by atoms with Crippen molar-refractivity contribution in [3.8, 4) is 6.07 Å². The van der Waals surface area contributed by atoms with Gasteiger partial charge in [-0.3, -0.25) is 4.28 Å². The van der Waals surface area contributed by atoms with Crippen molar-refractivity contribution in [3.05, 3.63) is 65.9 Å². The van der Waals surface area contributed by atoms with E-state index >= 15 is 0 Å². The molecule has 24 heavy (non-hydrogen) atoms. The first-order chi connectivity index (χ1) is 11.5. The maximum Gasteiger partial charge on any atom is 0.358 e. The number of hydrogen-bond acceptors (Lipinski definition) is 5. The van der Waals surface area contributed by atoms with Crippen LogP contribution in [-0.4, -0.2) is 19.2 Å². The lowest BCUT2D eigenvalue weighted by molar-refractivity contribution is 0.341. The van der Waals surface area contributed by atoms with Crippen LogP contribution in [0.15, 0.2) is 64.8 Å². The van der Waals surface area contributed by atoms with Crippen LogP contribution in [0.25, 0.3) is 10.9 Å². The molecule has 3 aromatic rings. The molecule has 0 aliphatic carbocycles. The van der Waals surface area contributed by atoms with Crippen molar-refractivity contribution >= 4 is 27.2 Å². The van der Waals surface area contributed by atoms with Crippen molar-refractivity contribution in [3.63, 3.8) is 0 Å². The molecule has 0 saturated carbocycles. The van der Waals surface area contributed by atoms with E-state index in [2.05, 4.69) is 11.2 Å². The number of rotatable bonds is 4. The van der Waals surface area contributed by atoms with Crippen molar-refractivity contribution in [1.82, 2.24) is 4.57 Å². The van der Waals surface area contributed by atoms with E-state index in [1.54, 1.807) is 36.5 Å². The van der Waals surface area contributed by atoms with Crippen molar-refractivity contribution in [2.75, 3.05) is 0 Å². The molecular formula is C17H13N3O3S. The lowest BCUT2D eigenvalue weighted by Gasteiger charge is -2.00. The zero-order chi connectivity index (χ0) is 17.2. The minimum atomic E-state index is -3.95. The predicted molar refractivity (Wildman–Crippen MR) is 89.9 cm³/mol. The largest absolute Gasteiger partial charge is 0.358 e. The lowest BCUT2D eigenvalue weighted by atomic mass is 10.1. The second-order valence-corrected chi connectivity index (χ2v) is 6.64. The summed E-state index contributed by atoms with van der Waals surface area (Å²) >= 11 is 0. The summed E-state index contributed by atoms with van der Waals surface area (Å²) in [6, 6.07) is 15.1. The van der Waals surface area contributed by atoms with Gasteiger partial charge in [-0.25, -0.2) is 0 Å². The normalized spacial score (nSPS) is 11.7. The summed E-state index contributed by atoms with van der Waals surface area (Å²) in [4.78, 5) is 0.0341. The number of nitriles is 1. The molecule has 1 aromatic heterocycles. The number of nitrogens with zero attached hydrogens (tertiary/aromatic N) is 3. The minimum absolute atomic E-state index is 0.0341. The van der Waals surface area contributed by atoms with Gasteiger partial charge in [0.2, 0.25) is 0 Å². The van der Waals surface area contributed by atoms with E-state index in [4.69, 9.17) is 9.55 Å². The van der Waals surface area contributed by atoms with Crippen LogP contribution in [0.2, 0.25) is 0 Å². The van der Waals surface area contributed by atoms with Crippen LogP contribution in [0, 0.1) is 11.3 Å². The molecule has 0 amide bonds. The molecular weight excluding hydrogens is 326 g/mol. The molecule has 0 N–H and O–H groups in total. The van der Waals surface area contributed by atoms with Gasteiger partial charge in [-0.2, -0.15) is 13.7 Å². The van der Waals surface area contributed by atoms with Crippen LogP contribution in [0.5, 0.6) is 0 Å². The average Bonchev–Trinajstić information content (AvgIpc) is 2.91. The molecule has 0 aliphatic heterocycles. The summed E-state index contributed by atoms with van der Waals surface area (Å²) in [5.74, 6) is 0. The fourth-order valence-corrected chi connectivity index (χ4v) is 3.09. The van der Waals surface area contributed by atoms with Gasteiger partial charge < -0.3 is 4.57 Å². The average molecular weight is 339 g/mol. The van der Waals surface area contributed by atoms with Crippen LogP contribution in [-0.2, 0) is 21.4 Å². The smallest absolute Gasteiger partial charge is 0.350 e. The Labute approximate surface area is 139 Å². The first-order valence-corrected chi connectivity index (χ1v) is 8.43. The summed E-state index contributed by atoms with van der Waals surface area (Å²) < 4.78 is 30.6. The molecule has 3 rings (SSSR count). The zero-order valence-electron chi connectivity index (χ0n) is 12.7. The van der Waals surface area contributed by atoms with Gasteiger partial charge in [0.25, 0.3) is 0 Å². The van der Waals surface area contributed by atoms with E-state index in [0.29, 0.717) is 11.1 Å². The third-order valence-electron chi connectivity index (χ3n) is 3.51. The number of hydrogen-bond donors (Lipinski definition) is 0. The fraction of sp³-hybridized carbons (Fsp3) is 0.0588. The van der Waals surface area contributed by atoms with Gasteiger partial charge in [-0.15, -0.1) is 0 Å². The first kappa shape index (κ1) is 15.8. The van der Waals surface area contributed by atoms with Gasteiger partial charge >= 0.3 is 10.1 Å². The van der Waals surface area contributed by atoms with Gasteiger partial charge in [0.05, 0.1) is 17.8 Å². The number of benzene rings is 2. The summed E-state index contributed by atoms with van der Waals surface area (Å²) in [7, 11) is -2.09. The van der Waals surface area contributed by atoms with Gasteiger partial charge in [-0.05, 0) is 30.3 Å². The van der Waals surface area contributed by atoms with Gasteiger partial charge in [0.15, 0.2) is 0 Å². The number of aromatic nitrogens is 1. The predicted octanol–water partition coefficient (Wildman–Crippen LogP) is 2.79. The quantitative estimate of drug-likeness (QED) is 0.540. The first-order valence-electron chi connectivity index (χ1n) is 7.02. The molecule has 0 unspecified atom stereocenters. The molecule has 0 atom stereocenters. The molecule has 2 aromatic carbocycles. The van der Waals surface area contributed by atoms with E-state index in [1.807, 2.05) is 17.7 Å². The lowest BCUT2D eigenvalue weighted by Crippen LogP contribution is -2.02. The van der Waals surface area contributed by atoms with E-state index < -0.39 is 10.1 Å². The zero-order valence-corrected chi connectivity index (χ0v) is 13.6. The number of fused-ring (bicyclic) bond motifs is 1. The van der Waals surface area contributed by atoms with Crippen molar-refractivity contribution < 1.29 is 12.7 Å². The summed E-state index contributed by atoms with van der Waals surface area (Å²) in [5, 5.41) is 13.4. The van der Waals surface area contributed by atoms with Crippen LogP contribution >= 0.6 is 0 Å². The topological polar surface area (TPSA) is 84.5 Å². The highest BCUT2D eigenvalue weighted by Crippen LogP contribution is 2.21. The SMILES string of the molecule is Cn1cc(C=NOS(=O)(=O)c2ccccc2)c2cc(C#N)ccc21. The summed E-state index contributed by atoms with van der Waals surface area (Å²) in [6.07, 6.45) is 3.11. The Bertz CT molecular complexity index is 1060. The summed E-state index contributed by atoms with van der Waals surface area (Å²) in [6.45, 7) is 0. The van der Waals surface area contributed by atoms with E-state index in [9.17, 15) is 8.42 Å². The van der Waals surface area contributed by atoms with Crippen LogP contribution in [0.3, 0.4) is 0 Å². The molecule has 6 nitrogen and oxygen atoms in total. The Hall–Kier alpha value is -3.11. The second-order valence-electron chi connectivity index (χ2n) is 5.12. The van der Waals surface area contributed by atoms with E-state index in [1.165, 1.54) is 18.3 Å². The number of oxime groups is 1. The molecule has 0 saturated heterocycles. The Balaban J connectivity index is 1.90. The Morgan fingerprint density at radius 1 is 1.21 bits per heavy atom. The van der Waals surface area contributed by atoms with E-state index in [0.717, 1.165) is 10.9 Å². The second kappa shape index (κ2) is 6.18. The van der Waals surface area contributed by atoms with Crippen molar-refractivity contribution in [2.24, 2.45) is 12.2 Å². The molecule has 0 fully saturated rings. The Morgan fingerprint density at radius 2 is 1.96 bits per heavy atom. The third kappa shape index (κ3) is 3.00. The molecule has 7 heteroatoms. The Kier molecular flexibility index (Phi) is 4.06.